The molecule has 7 heteroatoms. The zero-order chi connectivity index (χ0) is 25.2. The predicted molar refractivity (Wildman–Crippen MR) is 137 cm³/mol. The van der Waals surface area contributed by atoms with Crippen LogP contribution in [0.3, 0.4) is 0 Å². The Labute approximate surface area is 212 Å². The van der Waals surface area contributed by atoms with Crippen LogP contribution in [0, 0.1) is 0 Å². The monoisotopic (exact) mass is 496 g/mol. The first-order valence-electron chi connectivity index (χ1n) is 12.1. The summed E-state index contributed by atoms with van der Waals surface area (Å²) in [5.41, 5.74) is 2.51. The molecule has 0 saturated carbocycles. The van der Waals surface area contributed by atoms with Crippen molar-refractivity contribution in [1.29, 1.82) is 0 Å². The second-order valence-electron chi connectivity index (χ2n) is 10.2. The number of morpholine rings is 1. The van der Waals surface area contributed by atoms with Gasteiger partial charge in [0.2, 0.25) is 0 Å². The lowest BCUT2D eigenvalue weighted by Gasteiger charge is -2.29. The molecule has 0 bridgehead atoms. The number of benzene rings is 2. The van der Waals surface area contributed by atoms with Gasteiger partial charge in [-0.1, -0.05) is 56.6 Å². The van der Waals surface area contributed by atoms with Crippen LogP contribution in [-0.2, 0) is 19.7 Å². The van der Waals surface area contributed by atoms with Crippen LogP contribution in [0.25, 0.3) is 5.76 Å². The first-order chi connectivity index (χ1) is 16.7. The Balaban J connectivity index is 1.68. The minimum atomic E-state index is -0.659. The van der Waals surface area contributed by atoms with Crippen molar-refractivity contribution in [2.24, 2.45) is 0 Å². The van der Waals surface area contributed by atoms with Crippen molar-refractivity contribution < 1.29 is 19.4 Å². The summed E-state index contributed by atoms with van der Waals surface area (Å²) in [6.45, 7) is 10.8. The van der Waals surface area contributed by atoms with Crippen LogP contribution in [0.2, 0.25) is 5.02 Å². The topological polar surface area (TPSA) is 70.1 Å². The van der Waals surface area contributed by atoms with E-state index in [1.807, 2.05) is 24.3 Å². The van der Waals surface area contributed by atoms with Gasteiger partial charge in [0, 0.05) is 36.8 Å². The number of carbonyl (C=O) groups excluding carboxylic acids is 2. The summed E-state index contributed by atoms with van der Waals surface area (Å²) >= 11 is 6.01. The van der Waals surface area contributed by atoms with Gasteiger partial charge in [-0.3, -0.25) is 14.5 Å². The van der Waals surface area contributed by atoms with Gasteiger partial charge in [-0.15, -0.1) is 0 Å². The van der Waals surface area contributed by atoms with Gasteiger partial charge < -0.3 is 14.7 Å². The number of ether oxygens (including phenoxy) is 1. The van der Waals surface area contributed by atoms with Gasteiger partial charge in [-0.2, -0.15) is 0 Å². The lowest BCUT2D eigenvalue weighted by molar-refractivity contribution is -0.140. The number of rotatable bonds is 6. The van der Waals surface area contributed by atoms with E-state index in [1.165, 1.54) is 0 Å². The summed E-state index contributed by atoms with van der Waals surface area (Å²) in [6, 6.07) is 14.0. The summed E-state index contributed by atoms with van der Waals surface area (Å²) in [4.78, 5) is 30.3. The zero-order valence-corrected chi connectivity index (χ0v) is 21.3. The molecule has 1 atom stereocenters. The minimum absolute atomic E-state index is 0.0260. The van der Waals surface area contributed by atoms with E-state index in [1.54, 1.807) is 29.2 Å². The Hall–Kier alpha value is -2.67. The Bertz CT molecular complexity index is 1100. The Morgan fingerprint density at radius 1 is 1.00 bits per heavy atom. The number of Topliss-reactive ketones (excluding diaryl/α,β-unsaturated/α-hetero) is 1. The Morgan fingerprint density at radius 3 is 2.23 bits per heavy atom. The van der Waals surface area contributed by atoms with E-state index in [4.69, 9.17) is 16.3 Å². The summed E-state index contributed by atoms with van der Waals surface area (Å²) < 4.78 is 5.42. The van der Waals surface area contributed by atoms with Crippen LogP contribution in [0.5, 0.6) is 0 Å². The van der Waals surface area contributed by atoms with E-state index in [0.717, 1.165) is 37.2 Å². The molecule has 0 spiro atoms. The number of nitrogens with zero attached hydrogens (tertiary/aromatic N) is 2. The molecule has 6 nitrogen and oxygen atoms in total. The van der Waals surface area contributed by atoms with Gasteiger partial charge in [-0.05, 0) is 47.2 Å². The van der Waals surface area contributed by atoms with Crippen LogP contribution in [0.15, 0.2) is 54.1 Å². The highest BCUT2D eigenvalue weighted by atomic mass is 35.5. The smallest absolute Gasteiger partial charge is 0.295 e. The molecular weight excluding hydrogens is 464 g/mol. The molecule has 2 aliphatic heterocycles. The highest BCUT2D eigenvalue weighted by Crippen LogP contribution is 2.40. The number of hydrogen-bond donors (Lipinski definition) is 1. The van der Waals surface area contributed by atoms with E-state index in [9.17, 15) is 14.7 Å². The highest BCUT2D eigenvalue weighted by molar-refractivity contribution is 6.46. The molecule has 35 heavy (non-hydrogen) atoms. The molecule has 0 aliphatic carbocycles. The summed E-state index contributed by atoms with van der Waals surface area (Å²) in [5, 5.41) is 11.7. The van der Waals surface area contributed by atoms with Crippen LogP contribution >= 0.6 is 11.6 Å². The van der Waals surface area contributed by atoms with Gasteiger partial charge in [0.15, 0.2) is 0 Å². The molecule has 2 aromatic carbocycles. The number of halogens is 1. The standard InChI is InChI=1S/C28H33ClN2O4/c1-28(2,3)21-9-5-19(6-10-21)24-23(25(32)20-7-11-22(29)12-8-20)26(33)27(34)31(24)14-4-13-30-15-17-35-18-16-30/h5-12,24,32H,4,13-18H2,1-3H3/t24-/m1/s1. The molecule has 186 valence electrons. The molecule has 0 aromatic heterocycles. The summed E-state index contributed by atoms with van der Waals surface area (Å²) in [6.07, 6.45) is 0.727. The van der Waals surface area contributed by atoms with E-state index in [-0.39, 0.29) is 16.7 Å². The molecule has 2 saturated heterocycles. The first-order valence-corrected chi connectivity index (χ1v) is 12.5. The molecule has 1 N–H and O–H groups in total. The number of ketones is 1. The zero-order valence-electron chi connectivity index (χ0n) is 20.6. The maximum atomic E-state index is 13.2. The van der Waals surface area contributed by atoms with Crippen molar-refractivity contribution in [3.05, 3.63) is 75.8 Å². The van der Waals surface area contributed by atoms with Crippen molar-refractivity contribution in [1.82, 2.24) is 9.80 Å². The van der Waals surface area contributed by atoms with Crippen LogP contribution in [0.4, 0.5) is 0 Å². The van der Waals surface area contributed by atoms with Crippen LogP contribution in [-0.4, -0.2) is 66.0 Å². The molecule has 2 aliphatic rings. The number of carbonyl (C=O) groups is 2. The van der Waals surface area contributed by atoms with Gasteiger partial charge in [-0.25, -0.2) is 0 Å². The molecule has 0 radical (unpaired) electrons. The lowest BCUT2D eigenvalue weighted by Crippen LogP contribution is -2.39. The predicted octanol–water partition coefficient (Wildman–Crippen LogP) is 4.78. The fourth-order valence-electron chi connectivity index (χ4n) is 4.68. The fraction of sp³-hybridized carbons (Fsp3) is 0.429. The van der Waals surface area contributed by atoms with E-state index in [0.29, 0.717) is 30.3 Å². The van der Waals surface area contributed by atoms with Crippen molar-refractivity contribution >= 4 is 29.1 Å². The maximum absolute atomic E-state index is 13.2. The second-order valence-corrected chi connectivity index (χ2v) is 10.6. The molecule has 1 amide bonds. The first kappa shape index (κ1) is 25.4. The fourth-order valence-corrected chi connectivity index (χ4v) is 4.80. The Morgan fingerprint density at radius 2 is 1.63 bits per heavy atom. The minimum Gasteiger partial charge on any atom is -0.507 e. The van der Waals surface area contributed by atoms with Gasteiger partial charge in [0.05, 0.1) is 24.8 Å². The lowest BCUT2D eigenvalue weighted by atomic mass is 9.85. The third kappa shape index (κ3) is 5.61. The normalized spacial score (nSPS) is 21.0. The summed E-state index contributed by atoms with van der Waals surface area (Å²) in [7, 11) is 0. The van der Waals surface area contributed by atoms with Gasteiger partial charge in [0.25, 0.3) is 11.7 Å². The second kappa shape index (κ2) is 10.5. The largest absolute Gasteiger partial charge is 0.507 e. The number of likely N-dealkylation sites (tertiary alicyclic amines) is 1. The number of hydrogen-bond acceptors (Lipinski definition) is 5. The molecule has 2 heterocycles. The molecule has 2 aromatic rings. The average Bonchev–Trinajstić information content (AvgIpc) is 3.09. The van der Waals surface area contributed by atoms with Gasteiger partial charge in [0.1, 0.15) is 5.76 Å². The highest BCUT2D eigenvalue weighted by Gasteiger charge is 2.45. The van der Waals surface area contributed by atoms with Gasteiger partial charge >= 0.3 is 0 Å². The summed E-state index contributed by atoms with van der Waals surface area (Å²) in [5.74, 6) is -1.42. The average molecular weight is 497 g/mol. The number of aliphatic hydroxyl groups excluding tert-OH is 1. The van der Waals surface area contributed by atoms with Crippen LogP contribution < -0.4 is 0 Å². The van der Waals surface area contributed by atoms with E-state index < -0.39 is 17.7 Å². The SMILES string of the molecule is CC(C)(C)c1ccc([C@@H]2C(=C(O)c3ccc(Cl)cc3)C(=O)C(=O)N2CCCN2CCOCC2)cc1. The van der Waals surface area contributed by atoms with E-state index in [2.05, 4.69) is 25.7 Å². The molecule has 4 rings (SSSR count). The molecule has 2 fully saturated rings. The third-order valence-electron chi connectivity index (χ3n) is 6.73. The molecular formula is C28H33ClN2O4. The van der Waals surface area contributed by atoms with E-state index >= 15 is 0 Å². The molecule has 0 unspecified atom stereocenters. The van der Waals surface area contributed by atoms with Crippen LogP contribution in [0.1, 0.15) is 49.9 Å². The quantitative estimate of drug-likeness (QED) is 0.354. The van der Waals surface area contributed by atoms with Crippen molar-refractivity contribution in [3.63, 3.8) is 0 Å². The Kier molecular flexibility index (Phi) is 7.64. The third-order valence-corrected chi connectivity index (χ3v) is 6.98. The van der Waals surface area contributed by atoms with Crippen molar-refractivity contribution in [2.75, 3.05) is 39.4 Å². The number of amides is 1. The van der Waals surface area contributed by atoms with Crippen molar-refractivity contribution in [2.45, 2.75) is 38.6 Å². The van der Waals surface area contributed by atoms with Crippen molar-refractivity contribution in [3.8, 4) is 0 Å². The maximum Gasteiger partial charge on any atom is 0.295 e. The number of aliphatic hydroxyl groups is 1.